The number of imidazole rings is 1. The van der Waals surface area contributed by atoms with E-state index in [2.05, 4.69) is 31.6 Å². The van der Waals surface area contributed by atoms with Crippen LogP contribution >= 0.6 is 0 Å². The number of halogens is 1. The van der Waals surface area contributed by atoms with Gasteiger partial charge in [0.2, 0.25) is 0 Å². The number of aromatic hydroxyl groups is 1. The maximum Gasteiger partial charge on any atom is 0.159 e. The number of phenols is 1. The van der Waals surface area contributed by atoms with Crippen molar-refractivity contribution < 1.29 is 14.2 Å². The number of methoxy groups -OCH3 is 1. The minimum atomic E-state index is -0.376. The monoisotopic (exact) mass is 433 g/mol. The lowest BCUT2D eigenvalue weighted by Crippen LogP contribution is -2.26. The highest BCUT2D eigenvalue weighted by atomic mass is 19.1. The first kappa shape index (κ1) is 20.4. The van der Waals surface area contributed by atoms with Gasteiger partial charge in [0, 0.05) is 36.8 Å². The van der Waals surface area contributed by atoms with Gasteiger partial charge in [-0.3, -0.25) is 5.10 Å². The van der Waals surface area contributed by atoms with Crippen molar-refractivity contribution in [1.82, 2.24) is 25.5 Å². The summed E-state index contributed by atoms with van der Waals surface area (Å²) < 4.78 is 20.7. The van der Waals surface area contributed by atoms with Crippen molar-refractivity contribution in [3.8, 4) is 28.4 Å². The van der Waals surface area contributed by atoms with E-state index in [0.29, 0.717) is 47.6 Å². The fourth-order valence-corrected chi connectivity index (χ4v) is 4.25. The smallest absolute Gasteiger partial charge is 0.159 e. The Kier molecular flexibility index (Phi) is 5.24. The fraction of sp³-hybridized carbons (Fsp3) is 0.250. The number of H-pyrrole nitrogens is 2. The molecule has 0 saturated heterocycles. The molecule has 0 amide bonds. The average molecular weight is 433 g/mol. The highest BCUT2D eigenvalue weighted by Crippen LogP contribution is 2.35. The number of aromatic amines is 2. The molecule has 4 aromatic rings. The molecule has 32 heavy (non-hydrogen) atoms. The number of nitrogens with one attached hydrogen (secondary N) is 3. The van der Waals surface area contributed by atoms with E-state index in [0.717, 1.165) is 22.4 Å². The molecule has 1 aliphatic rings. The molecular formula is C24H24FN5O2. The summed E-state index contributed by atoms with van der Waals surface area (Å²) in [5.74, 6) is 0.373. The molecule has 2 aromatic heterocycles. The van der Waals surface area contributed by atoms with Crippen LogP contribution in [0, 0.1) is 5.82 Å². The number of hydrogen-bond donors (Lipinski definition) is 4. The van der Waals surface area contributed by atoms with E-state index in [1.165, 1.54) is 0 Å². The number of rotatable bonds is 6. The van der Waals surface area contributed by atoms with Crippen molar-refractivity contribution >= 4 is 16.5 Å². The Morgan fingerprint density at radius 1 is 1.22 bits per heavy atom. The van der Waals surface area contributed by atoms with Crippen molar-refractivity contribution in [2.75, 3.05) is 20.3 Å². The lowest BCUT2D eigenvalue weighted by molar-refractivity contribution is 0.184. The van der Waals surface area contributed by atoms with Crippen LogP contribution in [0.2, 0.25) is 0 Å². The topological polar surface area (TPSA) is 98.9 Å². The maximum atomic E-state index is 15.5. The Hall–Kier alpha value is -3.49. The van der Waals surface area contributed by atoms with Crippen LogP contribution in [0.3, 0.4) is 0 Å². The number of ether oxygens (including phenoxy) is 1. The van der Waals surface area contributed by atoms with Crippen molar-refractivity contribution in [1.29, 1.82) is 0 Å². The molecule has 3 heterocycles. The lowest BCUT2D eigenvalue weighted by Gasteiger charge is -2.10. The second-order valence-corrected chi connectivity index (χ2v) is 7.89. The molecule has 0 fully saturated rings. The van der Waals surface area contributed by atoms with Crippen LogP contribution in [0.5, 0.6) is 5.75 Å². The van der Waals surface area contributed by atoms with Crippen molar-refractivity contribution in [3.05, 3.63) is 59.7 Å². The van der Waals surface area contributed by atoms with E-state index >= 15 is 4.39 Å². The SMILES string of the molecule is CCc1cc(O)ccc1-c1ccc2c(-c3nc(C4=C[C@H](COC)NC4)c[nH]3)n[nH]c2c1F. The molecule has 0 aliphatic carbocycles. The number of phenolic OH excluding ortho intramolecular Hbond substituents is 1. The van der Waals surface area contributed by atoms with Crippen LogP contribution in [-0.2, 0) is 11.2 Å². The van der Waals surface area contributed by atoms with Crippen molar-refractivity contribution in [2.24, 2.45) is 0 Å². The molecule has 8 heteroatoms. The lowest BCUT2D eigenvalue weighted by atomic mass is 9.96. The normalized spacial score (nSPS) is 16.1. The van der Waals surface area contributed by atoms with E-state index in [9.17, 15) is 5.11 Å². The predicted octanol–water partition coefficient (Wildman–Crippen LogP) is 4.03. The summed E-state index contributed by atoms with van der Waals surface area (Å²) in [5.41, 5.74) is 4.91. The number of fused-ring (bicyclic) bond motifs is 1. The number of aryl methyl sites for hydroxylation is 1. The van der Waals surface area contributed by atoms with Crippen LogP contribution in [0.1, 0.15) is 18.2 Å². The third kappa shape index (κ3) is 3.47. The molecule has 0 spiro atoms. The largest absolute Gasteiger partial charge is 0.508 e. The van der Waals surface area contributed by atoms with Crippen molar-refractivity contribution in [2.45, 2.75) is 19.4 Å². The molecule has 2 aromatic carbocycles. The number of aromatic nitrogens is 4. The van der Waals surface area contributed by atoms with Crippen LogP contribution in [0.4, 0.5) is 4.39 Å². The molecule has 1 atom stereocenters. The zero-order valence-corrected chi connectivity index (χ0v) is 17.9. The summed E-state index contributed by atoms with van der Waals surface area (Å²) in [6, 6.07) is 8.77. The second kappa shape index (κ2) is 8.22. The number of hydrogen-bond acceptors (Lipinski definition) is 5. The van der Waals surface area contributed by atoms with E-state index in [4.69, 9.17) is 4.74 Å². The van der Waals surface area contributed by atoms with Gasteiger partial charge in [-0.05, 0) is 41.3 Å². The van der Waals surface area contributed by atoms with Crippen LogP contribution in [0.25, 0.3) is 39.1 Å². The van der Waals surface area contributed by atoms with Gasteiger partial charge in [-0.1, -0.05) is 25.1 Å². The van der Waals surface area contributed by atoms with Crippen molar-refractivity contribution in [3.63, 3.8) is 0 Å². The van der Waals surface area contributed by atoms with E-state index < -0.39 is 0 Å². The van der Waals surface area contributed by atoms with Gasteiger partial charge in [-0.15, -0.1) is 0 Å². The third-order valence-corrected chi connectivity index (χ3v) is 5.87. The first-order chi connectivity index (χ1) is 15.6. The third-order valence-electron chi connectivity index (χ3n) is 5.87. The highest BCUT2D eigenvalue weighted by Gasteiger charge is 2.21. The minimum absolute atomic E-state index is 0.168. The standard InChI is InChI=1S/C24H24FN5O2/c1-3-13-9-16(31)4-5-17(13)18-6-7-19-22(21(18)25)29-30-23(19)24-27-11-20(28-24)14-8-15(12-32-2)26-10-14/h4-9,11,15,26,31H,3,10,12H2,1-2H3,(H,27,28)(H,29,30)/t15-/m1/s1. The summed E-state index contributed by atoms with van der Waals surface area (Å²) in [7, 11) is 1.68. The van der Waals surface area contributed by atoms with Gasteiger partial charge in [0.1, 0.15) is 17.0 Å². The Bertz CT molecular complexity index is 1320. The van der Waals surface area contributed by atoms with E-state index in [1.54, 1.807) is 31.4 Å². The molecule has 0 saturated carbocycles. The van der Waals surface area contributed by atoms with Gasteiger partial charge in [0.15, 0.2) is 11.6 Å². The van der Waals surface area contributed by atoms with Gasteiger partial charge >= 0.3 is 0 Å². The molecule has 7 nitrogen and oxygen atoms in total. The molecule has 4 N–H and O–H groups in total. The molecule has 5 rings (SSSR count). The molecule has 1 aliphatic heterocycles. The maximum absolute atomic E-state index is 15.5. The van der Waals surface area contributed by atoms with Crippen LogP contribution < -0.4 is 5.32 Å². The minimum Gasteiger partial charge on any atom is -0.508 e. The van der Waals surface area contributed by atoms with Crippen LogP contribution in [0.15, 0.2) is 42.6 Å². The van der Waals surface area contributed by atoms with Gasteiger partial charge < -0.3 is 20.1 Å². The Morgan fingerprint density at radius 3 is 2.88 bits per heavy atom. The molecular weight excluding hydrogens is 409 g/mol. The first-order valence-corrected chi connectivity index (χ1v) is 10.6. The number of nitrogens with zero attached hydrogens (tertiary/aromatic N) is 2. The summed E-state index contributed by atoms with van der Waals surface area (Å²) in [4.78, 5) is 7.86. The van der Waals surface area contributed by atoms with Gasteiger partial charge in [0.25, 0.3) is 0 Å². The quantitative estimate of drug-likeness (QED) is 0.368. The Balaban J connectivity index is 1.51. The van der Waals surface area contributed by atoms with Crippen LogP contribution in [-0.4, -0.2) is 51.6 Å². The van der Waals surface area contributed by atoms with E-state index in [1.807, 2.05) is 19.2 Å². The predicted molar refractivity (Wildman–Crippen MR) is 122 cm³/mol. The molecule has 164 valence electrons. The van der Waals surface area contributed by atoms with Gasteiger partial charge in [-0.25, -0.2) is 9.37 Å². The summed E-state index contributed by atoms with van der Waals surface area (Å²) >= 11 is 0. The Morgan fingerprint density at radius 2 is 2.06 bits per heavy atom. The Labute approximate surface area is 184 Å². The fourth-order valence-electron chi connectivity index (χ4n) is 4.25. The molecule has 0 unspecified atom stereocenters. The van der Waals surface area contributed by atoms with Gasteiger partial charge in [0.05, 0.1) is 12.3 Å². The van der Waals surface area contributed by atoms with E-state index in [-0.39, 0.29) is 17.6 Å². The molecule has 0 radical (unpaired) electrons. The summed E-state index contributed by atoms with van der Waals surface area (Å²) in [5, 5.41) is 21.0. The zero-order valence-electron chi connectivity index (χ0n) is 17.9. The molecule has 0 bridgehead atoms. The first-order valence-electron chi connectivity index (χ1n) is 10.6. The zero-order chi connectivity index (χ0) is 22.2. The second-order valence-electron chi connectivity index (χ2n) is 7.89. The number of benzene rings is 2. The summed E-state index contributed by atoms with van der Waals surface area (Å²) in [6.07, 6.45) is 4.63. The van der Waals surface area contributed by atoms with Gasteiger partial charge in [-0.2, -0.15) is 5.10 Å². The summed E-state index contributed by atoms with van der Waals surface area (Å²) in [6.45, 7) is 3.29. The highest BCUT2D eigenvalue weighted by molar-refractivity contribution is 5.95. The average Bonchev–Trinajstić information content (AvgIpc) is 3.53.